The molecule has 0 spiro atoms. The topological polar surface area (TPSA) is 111 Å². The molecule has 8 nitrogen and oxygen atoms in total. The Bertz CT molecular complexity index is 1100. The van der Waals surface area contributed by atoms with Crippen LogP contribution in [0.4, 0.5) is 18.9 Å². The van der Waals surface area contributed by atoms with Crippen LogP contribution in [0.5, 0.6) is 5.75 Å². The first kappa shape index (κ1) is 24.9. The minimum Gasteiger partial charge on any atom is -0.491 e. The van der Waals surface area contributed by atoms with Crippen LogP contribution in [0.3, 0.4) is 0 Å². The highest BCUT2D eigenvalue weighted by molar-refractivity contribution is 7.92. The second-order valence-corrected chi connectivity index (χ2v) is 9.79. The van der Waals surface area contributed by atoms with Crippen LogP contribution in [0, 0.1) is 6.92 Å². The summed E-state index contributed by atoms with van der Waals surface area (Å²) in [4.78, 5) is -0.485. The van der Waals surface area contributed by atoms with E-state index in [4.69, 9.17) is 9.47 Å². The summed E-state index contributed by atoms with van der Waals surface area (Å²) < 4.78 is 99.7. The molecule has 0 aromatic heterocycles. The van der Waals surface area contributed by atoms with Crippen LogP contribution in [0.15, 0.2) is 52.3 Å². The van der Waals surface area contributed by atoms with Gasteiger partial charge in [-0.05, 0) is 55.0 Å². The molecule has 0 aliphatic heterocycles. The van der Waals surface area contributed by atoms with Crippen molar-refractivity contribution >= 4 is 25.7 Å². The van der Waals surface area contributed by atoms with Crippen LogP contribution in [0.25, 0.3) is 0 Å². The van der Waals surface area contributed by atoms with Crippen molar-refractivity contribution in [1.82, 2.24) is 4.72 Å². The number of ether oxygens (including phenoxy) is 2. The lowest BCUT2D eigenvalue weighted by molar-refractivity contribution is -0.121. The zero-order chi connectivity index (χ0) is 23.3. The van der Waals surface area contributed by atoms with Gasteiger partial charge in [0.25, 0.3) is 10.0 Å². The molecule has 2 aromatic rings. The molecule has 0 unspecified atom stereocenters. The number of nitrogens with one attached hydrogen (secondary N) is 2. The Kier molecular flexibility index (Phi) is 7.92. The van der Waals surface area contributed by atoms with Gasteiger partial charge < -0.3 is 9.47 Å². The Morgan fingerprint density at radius 1 is 0.903 bits per heavy atom. The molecule has 0 heterocycles. The Morgan fingerprint density at radius 3 is 2.06 bits per heavy atom. The first-order valence-electron chi connectivity index (χ1n) is 8.76. The summed E-state index contributed by atoms with van der Waals surface area (Å²) in [5.41, 5.74) is 0.615. The molecule has 0 saturated heterocycles. The third-order valence-electron chi connectivity index (χ3n) is 3.88. The lowest BCUT2D eigenvalue weighted by Gasteiger charge is -2.13. The molecule has 0 aliphatic carbocycles. The first-order valence-corrected chi connectivity index (χ1v) is 11.7. The molecule has 0 fully saturated rings. The zero-order valence-electron chi connectivity index (χ0n) is 16.6. The van der Waals surface area contributed by atoms with Crippen LogP contribution >= 0.6 is 0 Å². The molecule has 2 rings (SSSR count). The van der Waals surface area contributed by atoms with E-state index in [-0.39, 0.29) is 10.6 Å². The third-order valence-corrected chi connectivity index (χ3v) is 6.68. The van der Waals surface area contributed by atoms with Gasteiger partial charge in [-0.15, -0.1) is 0 Å². The maximum Gasteiger partial charge on any atom is 0.402 e. The van der Waals surface area contributed by atoms with Gasteiger partial charge in [0.15, 0.2) is 0 Å². The number of sulfonamides is 2. The molecule has 0 radical (unpaired) electrons. The van der Waals surface area contributed by atoms with Gasteiger partial charge in [0.05, 0.1) is 16.4 Å². The Morgan fingerprint density at radius 2 is 1.52 bits per heavy atom. The summed E-state index contributed by atoms with van der Waals surface area (Å²) >= 11 is 0. The number of aryl methyl sites for hydroxylation is 1. The predicted molar refractivity (Wildman–Crippen MR) is 107 cm³/mol. The van der Waals surface area contributed by atoms with Crippen LogP contribution in [0.2, 0.25) is 0 Å². The number of halogens is 3. The summed E-state index contributed by atoms with van der Waals surface area (Å²) in [6.07, 6.45) is -4.70. The monoisotopic (exact) mass is 482 g/mol. The quantitative estimate of drug-likeness (QED) is 0.504. The maximum absolute atomic E-state index is 12.6. The molecule has 0 amide bonds. The van der Waals surface area contributed by atoms with E-state index < -0.39 is 37.7 Å². The summed E-state index contributed by atoms with van der Waals surface area (Å²) in [6, 6.07) is 8.51. The van der Waals surface area contributed by atoms with Crippen LogP contribution < -0.4 is 14.2 Å². The smallest absolute Gasteiger partial charge is 0.402 e. The van der Waals surface area contributed by atoms with Gasteiger partial charge in [-0.2, -0.15) is 13.2 Å². The third kappa shape index (κ3) is 7.38. The van der Waals surface area contributed by atoms with Crippen molar-refractivity contribution in [2.45, 2.75) is 22.9 Å². The molecule has 0 saturated carbocycles. The Balaban J connectivity index is 2.12. The standard InChI is InChI=1S/C18H21F3N2O6S2/c1-13-11-16(7-8-17(13)29-10-9-28-2)31(26,27)23-14-3-5-15(6-4-14)30(24,25)22-12-18(19,20)21/h3-8,11,22-23H,9-10,12H2,1-2H3. The molecule has 0 atom stereocenters. The van der Waals surface area contributed by atoms with Gasteiger partial charge in [-0.3, -0.25) is 4.72 Å². The highest BCUT2D eigenvalue weighted by Gasteiger charge is 2.30. The number of methoxy groups -OCH3 is 1. The Labute approximate surface area is 178 Å². The highest BCUT2D eigenvalue weighted by Crippen LogP contribution is 2.24. The normalized spacial score (nSPS) is 12.5. The van der Waals surface area contributed by atoms with Gasteiger partial charge >= 0.3 is 6.18 Å². The maximum atomic E-state index is 12.6. The predicted octanol–water partition coefficient (Wildman–Crippen LogP) is 2.66. The van der Waals surface area contributed by atoms with Crippen molar-refractivity contribution < 1.29 is 39.5 Å². The minimum atomic E-state index is -4.70. The van der Waals surface area contributed by atoms with E-state index in [1.165, 1.54) is 30.0 Å². The molecular formula is C18H21F3N2O6S2. The molecule has 172 valence electrons. The number of rotatable bonds is 10. The fourth-order valence-corrected chi connectivity index (χ4v) is 4.52. The average molecular weight is 483 g/mol. The number of alkyl halides is 3. The molecule has 0 aliphatic rings. The molecular weight excluding hydrogens is 461 g/mol. The van der Waals surface area contributed by atoms with Crippen LogP contribution in [0.1, 0.15) is 5.56 Å². The summed E-state index contributed by atoms with van der Waals surface area (Å²) in [6.45, 7) is 0.635. The van der Waals surface area contributed by atoms with Gasteiger partial charge in [-0.1, -0.05) is 0 Å². The van der Waals surface area contributed by atoms with Crippen molar-refractivity contribution in [1.29, 1.82) is 0 Å². The molecule has 2 aromatic carbocycles. The fourth-order valence-electron chi connectivity index (χ4n) is 2.36. The van der Waals surface area contributed by atoms with Crippen molar-refractivity contribution in [3.8, 4) is 5.75 Å². The SMILES string of the molecule is COCCOc1ccc(S(=O)(=O)Nc2ccc(S(=O)(=O)NCC(F)(F)F)cc2)cc1C. The summed E-state index contributed by atoms with van der Waals surface area (Å²) in [5, 5.41) is 0. The molecule has 31 heavy (non-hydrogen) atoms. The van der Waals surface area contributed by atoms with E-state index in [1.807, 2.05) is 0 Å². The van der Waals surface area contributed by atoms with Crippen LogP contribution in [-0.4, -0.2) is 49.9 Å². The number of hydrogen-bond acceptors (Lipinski definition) is 6. The van der Waals surface area contributed by atoms with E-state index in [9.17, 15) is 30.0 Å². The number of anilines is 1. The largest absolute Gasteiger partial charge is 0.491 e. The second-order valence-electron chi connectivity index (χ2n) is 6.34. The minimum absolute atomic E-state index is 0.0350. The summed E-state index contributed by atoms with van der Waals surface area (Å²) in [5.74, 6) is 0.497. The van der Waals surface area contributed by atoms with Gasteiger partial charge in [0.1, 0.15) is 18.9 Å². The van der Waals surface area contributed by atoms with Crippen molar-refractivity contribution in [2.75, 3.05) is 31.6 Å². The van der Waals surface area contributed by atoms with Gasteiger partial charge in [-0.25, -0.2) is 21.6 Å². The lowest BCUT2D eigenvalue weighted by atomic mass is 10.2. The van der Waals surface area contributed by atoms with E-state index in [0.29, 0.717) is 24.5 Å². The molecule has 13 heteroatoms. The van der Waals surface area contributed by atoms with E-state index in [1.54, 1.807) is 6.92 Å². The summed E-state index contributed by atoms with van der Waals surface area (Å²) in [7, 11) is -6.87. The van der Waals surface area contributed by atoms with E-state index in [2.05, 4.69) is 4.72 Å². The second kappa shape index (κ2) is 9.85. The van der Waals surface area contributed by atoms with E-state index in [0.717, 1.165) is 24.3 Å². The van der Waals surface area contributed by atoms with Crippen molar-refractivity contribution in [2.24, 2.45) is 0 Å². The average Bonchev–Trinajstić information content (AvgIpc) is 2.67. The van der Waals surface area contributed by atoms with Crippen molar-refractivity contribution in [3.05, 3.63) is 48.0 Å². The fraction of sp³-hybridized carbons (Fsp3) is 0.333. The van der Waals surface area contributed by atoms with Gasteiger partial charge in [0, 0.05) is 12.8 Å². The molecule has 2 N–H and O–H groups in total. The first-order chi connectivity index (χ1) is 14.3. The molecule has 0 bridgehead atoms. The van der Waals surface area contributed by atoms with Crippen molar-refractivity contribution in [3.63, 3.8) is 0 Å². The van der Waals surface area contributed by atoms with Gasteiger partial charge in [0.2, 0.25) is 10.0 Å². The highest BCUT2D eigenvalue weighted by atomic mass is 32.2. The van der Waals surface area contributed by atoms with Crippen LogP contribution in [-0.2, 0) is 24.8 Å². The lowest BCUT2D eigenvalue weighted by Crippen LogP contribution is -2.33. The number of benzene rings is 2. The number of hydrogen-bond donors (Lipinski definition) is 2. The Hall–Kier alpha value is -2.35. The van der Waals surface area contributed by atoms with E-state index >= 15 is 0 Å². The zero-order valence-corrected chi connectivity index (χ0v) is 18.2.